The second-order valence-corrected chi connectivity index (χ2v) is 6.49. The highest BCUT2D eigenvalue weighted by molar-refractivity contribution is 5.94. The first-order chi connectivity index (χ1) is 11.9. The Hall–Kier alpha value is -2.35. The van der Waals surface area contributed by atoms with Crippen molar-refractivity contribution in [3.05, 3.63) is 47.0 Å². The number of benzene rings is 1. The van der Waals surface area contributed by atoms with Gasteiger partial charge < -0.3 is 5.32 Å². The minimum Gasteiger partial charge on any atom is -0.348 e. The zero-order chi connectivity index (χ0) is 18.0. The van der Waals surface area contributed by atoms with E-state index in [2.05, 4.69) is 32.3 Å². The Balaban J connectivity index is 1.64. The van der Waals surface area contributed by atoms with Gasteiger partial charge in [0.2, 0.25) is 0 Å². The lowest BCUT2D eigenvalue weighted by Gasteiger charge is -2.37. The van der Waals surface area contributed by atoms with Gasteiger partial charge in [0.1, 0.15) is 17.5 Å². The van der Waals surface area contributed by atoms with Crippen LogP contribution in [0.25, 0.3) is 0 Å². The Kier molecular flexibility index (Phi) is 5.08. The van der Waals surface area contributed by atoms with Gasteiger partial charge in [0, 0.05) is 18.6 Å². The number of rotatable bonds is 4. The van der Waals surface area contributed by atoms with E-state index in [1.165, 1.54) is 0 Å². The van der Waals surface area contributed by atoms with Crippen LogP contribution in [-0.2, 0) is 6.54 Å². The van der Waals surface area contributed by atoms with Crippen LogP contribution in [0, 0.1) is 18.6 Å². The summed E-state index contributed by atoms with van der Waals surface area (Å²) in [7, 11) is 0. The molecule has 1 aromatic heterocycles. The largest absolute Gasteiger partial charge is 0.348 e. The Morgan fingerprint density at radius 3 is 2.92 bits per heavy atom. The number of aromatic amines is 1. The van der Waals surface area contributed by atoms with Crippen LogP contribution >= 0.6 is 0 Å². The van der Waals surface area contributed by atoms with Crippen molar-refractivity contribution in [3.8, 4) is 0 Å². The summed E-state index contributed by atoms with van der Waals surface area (Å²) >= 11 is 0. The molecule has 134 valence electrons. The van der Waals surface area contributed by atoms with Crippen LogP contribution in [0.2, 0.25) is 0 Å². The molecule has 1 fully saturated rings. The Bertz CT molecular complexity index is 763. The average Bonchev–Trinajstić information content (AvgIpc) is 2.98. The van der Waals surface area contributed by atoms with Crippen LogP contribution in [0.4, 0.5) is 8.78 Å². The molecule has 3 rings (SSSR count). The first-order valence-corrected chi connectivity index (χ1v) is 8.30. The van der Waals surface area contributed by atoms with Crippen molar-refractivity contribution < 1.29 is 13.6 Å². The third-order valence-electron chi connectivity index (χ3n) is 4.51. The summed E-state index contributed by atoms with van der Waals surface area (Å²) in [6, 6.07) is 3.08. The number of halogens is 2. The first-order valence-electron chi connectivity index (χ1n) is 8.30. The van der Waals surface area contributed by atoms with Gasteiger partial charge in [-0.25, -0.2) is 13.8 Å². The fourth-order valence-corrected chi connectivity index (χ4v) is 3.09. The topological polar surface area (TPSA) is 73.9 Å². The summed E-state index contributed by atoms with van der Waals surface area (Å²) in [5.41, 5.74) is -0.269. The molecular weight excluding hydrogens is 328 g/mol. The van der Waals surface area contributed by atoms with Crippen molar-refractivity contribution in [3.63, 3.8) is 0 Å². The van der Waals surface area contributed by atoms with Crippen molar-refractivity contribution in [2.24, 2.45) is 0 Å². The SMILES string of the molecule is Cc1nc(CN2CC(NC(=O)c3cc(F)ccc3F)CCC2C)n[nH]1. The maximum atomic E-state index is 13.7. The van der Waals surface area contributed by atoms with Gasteiger partial charge in [-0.3, -0.25) is 14.8 Å². The monoisotopic (exact) mass is 349 g/mol. The molecule has 0 saturated carbocycles. The molecule has 2 aromatic rings. The lowest BCUT2D eigenvalue weighted by atomic mass is 9.99. The van der Waals surface area contributed by atoms with E-state index >= 15 is 0 Å². The third-order valence-corrected chi connectivity index (χ3v) is 4.51. The van der Waals surface area contributed by atoms with E-state index in [0.29, 0.717) is 25.0 Å². The number of likely N-dealkylation sites (tertiary alicyclic amines) is 1. The molecule has 2 N–H and O–H groups in total. The first kappa shape index (κ1) is 17.5. The molecular formula is C17H21F2N5O. The number of aromatic nitrogens is 3. The maximum Gasteiger partial charge on any atom is 0.254 e. The molecule has 0 spiro atoms. The Morgan fingerprint density at radius 1 is 1.40 bits per heavy atom. The van der Waals surface area contributed by atoms with Crippen LogP contribution in [0.1, 0.15) is 41.8 Å². The van der Waals surface area contributed by atoms with Crippen molar-refractivity contribution in [1.82, 2.24) is 25.4 Å². The number of piperidine rings is 1. The molecule has 25 heavy (non-hydrogen) atoms. The van der Waals surface area contributed by atoms with E-state index in [0.717, 1.165) is 36.9 Å². The fourth-order valence-electron chi connectivity index (χ4n) is 3.09. The zero-order valence-corrected chi connectivity index (χ0v) is 14.2. The lowest BCUT2D eigenvalue weighted by molar-refractivity contribution is 0.0843. The molecule has 0 aliphatic carbocycles. The third kappa shape index (κ3) is 4.19. The highest BCUT2D eigenvalue weighted by atomic mass is 19.1. The van der Waals surface area contributed by atoms with E-state index in [1.807, 2.05) is 6.92 Å². The molecule has 0 bridgehead atoms. The summed E-state index contributed by atoms with van der Waals surface area (Å²) in [5, 5.41) is 9.77. The summed E-state index contributed by atoms with van der Waals surface area (Å²) in [6.07, 6.45) is 1.67. The number of nitrogens with one attached hydrogen (secondary N) is 2. The highest BCUT2D eigenvalue weighted by Gasteiger charge is 2.28. The summed E-state index contributed by atoms with van der Waals surface area (Å²) in [6.45, 7) is 5.14. The van der Waals surface area contributed by atoms with E-state index in [9.17, 15) is 13.6 Å². The van der Waals surface area contributed by atoms with Gasteiger partial charge in [0.15, 0.2) is 5.82 Å². The molecule has 1 aliphatic heterocycles. The minimum absolute atomic E-state index is 0.133. The molecule has 2 unspecified atom stereocenters. The summed E-state index contributed by atoms with van der Waals surface area (Å²) < 4.78 is 27.0. The van der Waals surface area contributed by atoms with Gasteiger partial charge in [-0.2, -0.15) is 5.10 Å². The predicted molar refractivity (Wildman–Crippen MR) is 87.8 cm³/mol. The van der Waals surface area contributed by atoms with Crippen LogP contribution in [0.5, 0.6) is 0 Å². The maximum absolute atomic E-state index is 13.7. The van der Waals surface area contributed by atoms with Gasteiger partial charge in [0.05, 0.1) is 12.1 Å². The van der Waals surface area contributed by atoms with Crippen molar-refractivity contribution in [2.75, 3.05) is 6.54 Å². The molecule has 1 aromatic carbocycles. The second kappa shape index (κ2) is 7.26. The van der Waals surface area contributed by atoms with Gasteiger partial charge >= 0.3 is 0 Å². The van der Waals surface area contributed by atoms with Crippen molar-refractivity contribution >= 4 is 5.91 Å². The number of hydrogen-bond acceptors (Lipinski definition) is 4. The van der Waals surface area contributed by atoms with E-state index in [1.54, 1.807) is 0 Å². The smallest absolute Gasteiger partial charge is 0.254 e. The number of H-pyrrole nitrogens is 1. The molecule has 8 heteroatoms. The van der Waals surface area contributed by atoms with Gasteiger partial charge in [-0.1, -0.05) is 0 Å². The Morgan fingerprint density at radius 2 is 2.20 bits per heavy atom. The van der Waals surface area contributed by atoms with E-state index in [4.69, 9.17) is 0 Å². The summed E-state index contributed by atoms with van der Waals surface area (Å²) in [5.74, 6) is -0.495. The molecule has 1 saturated heterocycles. The number of aryl methyl sites for hydroxylation is 1. The number of carbonyl (C=O) groups excluding carboxylic acids is 1. The van der Waals surface area contributed by atoms with Crippen LogP contribution < -0.4 is 5.32 Å². The van der Waals surface area contributed by atoms with Crippen LogP contribution in [-0.4, -0.2) is 44.6 Å². The Labute approximate surface area is 144 Å². The number of nitrogens with zero attached hydrogens (tertiary/aromatic N) is 3. The second-order valence-electron chi connectivity index (χ2n) is 6.49. The van der Waals surface area contributed by atoms with E-state index < -0.39 is 17.5 Å². The number of hydrogen-bond donors (Lipinski definition) is 2. The fraction of sp³-hybridized carbons (Fsp3) is 0.471. The normalized spacial score (nSPS) is 21.3. The average molecular weight is 349 g/mol. The van der Waals surface area contributed by atoms with Crippen LogP contribution in [0.3, 0.4) is 0 Å². The van der Waals surface area contributed by atoms with Gasteiger partial charge in [-0.05, 0) is 44.9 Å². The zero-order valence-electron chi connectivity index (χ0n) is 14.2. The standard InChI is InChI=1S/C17H21F2N5O/c1-10-3-5-13(8-24(10)9-16-20-11(2)22-23-16)21-17(25)14-7-12(18)4-6-15(14)19/h4,6-7,10,13H,3,5,8-9H2,1-2H3,(H,21,25)(H,20,22,23). The number of amides is 1. The quantitative estimate of drug-likeness (QED) is 0.887. The van der Waals surface area contributed by atoms with Crippen molar-refractivity contribution in [1.29, 1.82) is 0 Å². The highest BCUT2D eigenvalue weighted by Crippen LogP contribution is 2.19. The predicted octanol–water partition coefficient (Wildman–Crippen LogP) is 2.17. The minimum atomic E-state index is -0.726. The molecule has 0 radical (unpaired) electrons. The number of carbonyl (C=O) groups is 1. The van der Waals surface area contributed by atoms with Gasteiger partial charge in [0.25, 0.3) is 5.91 Å². The van der Waals surface area contributed by atoms with Crippen LogP contribution in [0.15, 0.2) is 18.2 Å². The molecule has 2 atom stereocenters. The van der Waals surface area contributed by atoms with E-state index in [-0.39, 0.29) is 11.6 Å². The molecule has 1 aliphatic rings. The van der Waals surface area contributed by atoms with Gasteiger partial charge in [-0.15, -0.1) is 0 Å². The molecule has 6 nitrogen and oxygen atoms in total. The molecule has 1 amide bonds. The summed E-state index contributed by atoms with van der Waals surface area (Å²) in [4.78, 5) is 18.8. The van der Waals surface area contributed by atoms with Crippen molar-refractivity contribution in [2.45, 2.75) is 45.3 Å². The molecule has 2 heterocycles. The lowest BCUT2D eigenvalue weighted by Crippen LogP contribution is -2.50.